The predicted octanol–water partition coefficient (Wildman–Crippen LogP) is 1.58. The van der Waals surface area contributed by atoms with Gasteiger partial charge < -0.3 is 0 Å². The van der Waals surface area contributed by atoms with E-state index in [0.29, 0.717) is 5.92 Å². The van der Waals surface area contributed by atoms with Gasteiger partial charge in [-0.05, 0) is 0 Å². The van der Waals surface area contributed by atoms with Gasteiger partial charge in [0, 0.05) is 0 Å². The summed E-state index contributed by atoms with van der Waals surface area (Å²) in [5.74, 6) is 0.586. The van der Waals surface area contributed by atoms with Crippen LogP contribution in [-0.2, 0) is 17.0 Å². The van der Waals surface area contributed by atoms with E-state index >= 15 is 0 Å². The van der Waals surface area contributed by atoms with Crippen molar-refractivity contribution in [1.29, 1.82) is 0 Å². The van der Waals surface area contributed by atoms with Crippen molar-refractivity contribution >= 4 is 10.9 Å². The molecule has 0 heterocycles. The van der Waals surface area contributed by atoms with Crippen LogP contribution in [0.15, 0.2) is 17.3 Å². The molecule has 0 saturated carbocycles. The maximum absolute atomic E-state index is 3.60. The number of rotatable bonds is 3. The second-order valence-electron chi connectivity index (χ2n) is 2.08. The van der Waals surface area contributed by atoms with Gasteiger partial charge in [0.05, 0.1) is 0 Å². The Balaban J connectivity index is 3.76. The summed E-state index contributed by atoms with van der Waals surface area (Å²) >= 11 is 2.52. The zero-order chi connectivity index (χ0) is 7.28. The zero-order valence-corrected chi connectivity index (χ0v) is 7.23. The van der Waals surface area contributed by atoms with Gasteiger partial charge in [0.1, 0.15) is 0 Å². The van der Waals surface area contributed by atoms with Gasteiger partial charge in [-0.25, -0.2) is 0 Å². The molecule has 0 aliphatic rings. The van der Waals surface area contributed by atoms with Crippen LogP contribution in [0.25, 0.3) is 0 Å². The van der Waals surface area contributed by atoms with Crippen LogP contribution in [0.4, 0.5) is 0 Å². The molecule has 0 saturated heterocycles. The van der Waals surface area contributed by atoms with E-state index in [1.807, 2.05) is 6.08 Å². The summed E-state index contributed by atoms with van der Waals surface area (Å²) in [5, 5.41) is 0. The van der Waals surface area contributed by atoms with E-state index in [-0.39, 0.29) is 0 Å². The summed E-state index contributed by atoms with van der Waals surface area (Å²) < 4.78 is 1.27. The SMILES string of the molecule is C=N/C=C\[C](=[V])C(C)C. The van der Waals surface area contributed by atoms with Crippen molar-refractivity contribution in [3.63, 3.8) is 0 Å². The molecule has 49 valence electrons. The van der Waals surface area contributed by atoms with Gasteiger partial charge in [0.25, 0.3) is 0 Å². The molecule has 0 aromatic rings. The summed E-state index contributed by atoms with van der Waals surface area (Å²) in [7, 11) is 0. The minimum atomic E-state index is 0.586. The molecule has 0 aliphatic heterocycles. The topological polar surface area (TPSA) is 12.4 Å². The fraction of sp³-hybridized carbons (Fsp3) is 0.429. The molecule has 1 nitrogen and oxygen atoms in total. The van der Waals surface area contributed by atoms with E-state index in [1.165, 1.54) is 4.23 Å². The van der Waals surface area contributed by atoms with Crippen molar-refractivity contribution in [2.75, 3.05) is 0 Å². The number of hydrogen-bond donors (Lipinski definition) is 0. The fourth-order valence-corrected chi connectivity index (χ4v) is 0.426. The van der Waals surface area contributed by atoms with Crippen molar-refractivity contribution < 1.29 is 17.0 Å². The molecule has 0 aromatic carbocycles. The second kappa shape index (κ2) is 4.72. The van der Waals surface area contributed by atoms with Crippen molar-refractivity contribution in [2.45, 2.75) is 13.8 Å². The summed E-state index contributed by atoms with van der Waals surface area (Å²) in [6, 6.07) is 0. The monoisotopic (exact) mass is 160 g/mol. The van der Waals surface area contributed by atoms with Gasteiger partial charge in [-0.2, -0.15) is 0 Å². The van der Waals surface area contributed by atoms with E-state index in [1.54, 1.807) is 6.20 Å². The summed E-state index contributed by atoms with van der Waals surface area (Å²) in [5.41, 5.74) is 0. The Labute approximate surface area is 65.4 Å². The first-order valence-electron chi connectivity index (χ1n) is 2.86. The molecule has 0 rings (SSSR count). The van der Waals surface area contributed by atoms with Gasteiger partial charge >= 0.3 is 65.0 Å². The summed E-state index contributed by atoms with van der Waals surface area (Å²) in [6.45, 7) is 7.61. The Morgan fingerprint density at radius 3 is 2.56 bits per heavy atom. The van der Waals surface area contributed by atoms with Crippen LogP contribution in [0.3, 0.4) is 0 Å². The van der Waals surface area contributed by atoms with Gasteiger partial charge in [-0.15, -0.1) is 0 Å². The molecular formula is C7H11NV. The fourth-order valence-electron chi connectivity index (χ4n) is 0.322. The van der Waals surface area contributed by atoms with Gasteiger partial charge in [-0.1, -0.05) is 0 Å². The standard InChI is InChI=1S/C7H11N.V/c1-7(2)5-4-6-8-3;/h4,6-7H,3H2,1-2H3;/b6-4-;. The van der Waals surface area contributed by atoms with E-state index in [0.717, 1.165) is 0 Å². The third-order valence-electron chi connectivity index (χ3n) is 0.942. The van der Waals surface area contributed by atoms with Crippen molar-refractivity contribution in [1.82, 2.24) is 0 Å². The van der Waals surface area contributed by atoms with E-state index in [9.17, 15) is 0 Å². The van der Waals surface area contributed by atoms with Gasteiger partial charge in [-0.3, -0.25) is 0 Å². The van der Waals surface area contributed by atoms with Crippen LogP contribution in [-0.4, -0.2) is 10.9 Å². The number of aliphatic imine (C=N–C) groups is 1. The molecule has 0 unspecified atom stereocenters. The Bertz CT molecular complexity index is 136. The quantitative estimate of drug-likeness (QED) is 0.556. The number of hydrogen-bond acceptors (Lipinski definition) is 1. The molecular weight excluding hydrogens is 149 g/mol. The molecule has 9 heavy (non-hydrogen) atoms. The van der Waals surface area contributed by atoms with Crippen LogP contribution in [0.1, 0.15) is 13.8 Å². The third-order valence-corrected chi connectivity index (χ3v) is 1.98. The Morgan fingerprint density at radius 2 is 2.22 bits per heavy atom. The molecule has 0 spiro atoms. The summed E-state index contributed by atoms with van der Waals surface area (Å²) in [6.07, 6.45) is 3.66. The second-order valence-corrected chi connectivity index (χ2v) is 2.88. The molecule has 0 fully saturated rings. The van der Waals surface area contributed by atoms with Crippen LogP contribution in [0, 0.1) is 5.92 Å². The Morgan fingerprint density at radius 1 is 1.67 bits per heavy atom. The Hall–Kier alpha value is -0.136. The molecule has 0 aliphatic carbocycles. The van der Waals surface area contributed by atoms with E-state index < -0.39 is 0 Å². The molecule has 0 aromatic heterocycles. The van der Waals surface area contributed by atoms with Crippen molar-refractivity contribution in [3.8, 4) is 0 Å². The van der Waals surface area contributed by atoms with Crippen LogP contribution < -0.4 is 0 Å². The van der Waals surface area contributed by atoms with Crippen LogP contribution >= 0.6 is 0 Å². The molecule has 0 amide bonds. The summed E-state index contributed by atoms with van der Waals surface area (Å²) in [4.78, 5) is 3.60. The van der Waals surface area contributed by atoms with Crippen molar-refractivity contribution in [2.24, 2.45) is 10.9 Å². The Kier molecular flexibility index (Phi) is 4.64. The number of allylic oxidation sites excluding steroid dienone is 1. The molecule has 0 N–H and O–H groups in total. The molecule has 0 atom stereocenters. The average molecular weight is 160 g/mol. The molecule has 0 bridgehead atoms. The third kappa shape index (κ3) is 4.37. The van der Waals surface area contributed by atoms with Gasteiger partial charge in [0.2, 0.25) is 0 Å². The molecule has 2 heteroatoms. The first-order valence-corrected chi connectivity index (χ1v) is 3.56. The normalized spacial score (nSPS) is 10.4. The predicted molar refractivity (Wildman–Crippen MR) is 38.5 cm³/mol. The number of nitrogens with zero attached hydrogens (tertiary/aromatic N) is 1. The minimum absolute atomic E-state index is 0.586. The van der Waals surface area contributed by atoms with Crippen LogP contribution in [0.5, 0.6) is 0 Å². The first-order chi connectivity index (χ1) is 4.18. The zero-order valence-electron chi connectivity index (χ0n) is 5.83. The molecule has 0 radical (unpaired) electrons. The van der Waals surface area contributed by atoms with E-state index in [4.69, 9.17) is 0 Å². The maximum atomic E-state index is 3.60. The van der Waals surface area contributed by atoms with E-state index in [2.05, 4.69) is 42.5 Å². The average Bonchev–Trinajstić information content (AvgIpc) is 1.82. The van der Waals surface area contributed by atoms with Crippen LogP contribution in [0.2, 0.25) is 0 Å². The first kappa shape index (κ1) is 8.86. The van der Waals surface area contributed by atoms with Crippen molar-refractivity contribution in [3.05, 3.63) is 12.3 Å². The van der Waals surface area contributed by atoms with Gasteiger partial charge in [0.15, 0.2) is 0 Å².